The zero-order valence-electron chi connectivity index (χ0n) is 12.1. The van der Waals surface area contributed by atoms with E-state index in [0.29, 0.717) is 23.0 Å². The van der Waals surface area contributed by atoms with E-state index in [1.165, 1.54) is 4.90 Å². The van der Waals surface area contributed by atoms with Gasteiger partial charge in [-0.05, 0) is 19.1 Å². The summed E-state index contributed by atoms with van der Waals surface area (Å²) >= 11 is 0. The van der Waals surface area contributed by atoms with Gasteiger partial charge in [0.1, 0.15) is 0 Å². The maximum absolute atomic E-state index is 12.1. The largest absolute Gasteiger partial charge is 0.339 e. The van der Waals surface area contributed by atoms with Crippen LogP contribution in [0.2, 0.25) is 0 Å². The fourth-order valence-electron chi connectivity index (χ4n) is 2.28. The molecule has 6 nitrogen and oxygen atoms in total. The number of anilines is 1. The molecule has 0 N–H and O–H groups in total. The molecule has 1 aromatic heterocycles. The Morgan fingerprint density at radius 2 is 2.05 bits per heavy atom. The van der Waals surface area contributed by atoms with E-state index in [4.69, 9.17) is 4.52 Å². The maximum atomic E-state index is 12.1. The summed E-state index contributed by atoms with van der Waals surface area (Å²) in [5.41, 5.74) is 1.98. The molecule has 6 heteroatoms. The van der Waals surface area contributed by atoms with E-state index in [1.54, 1.807) is 12.1 Å². The number of benzene rings is 1. The molecule has 0 saturated heterocycles. The first-order chi connectivity index (χ1) is 9.97. The predicted molar refractivity (Wildman–Crippen MR) is 75.1 cm³/mol. The van der Waals surface area contributed by atoms with Gasteiger partial charge in [-0.3, -0.25) is 14.5 Å². The molecule has 0 atom stereocenters. The van der Waals surface area contributed by atoms with Crippen LogP contribution in [0.15, 0.2) is 22.7 Å². The van der Waals surface area contributed by atoms with E-state index in [0.717, 1.165) is 5.56 Å². The molecule has 0 radical (unpaired) electrons. The summed E-state index contributed by atoms with van der Waals surface area (Å²) < 4.78 is 5.12. The molecule has 0 unspecified atom stereocenters. The summed E-state index contributed by atoms with van der Waals surface area (Å²) in [4.78, 5) is 29.8. The van der Waals surface area contributed by atoms with E-state index in [1.807, 2.05) is 26.8 Å². The van der Waals surface area contributed by atoms with E-state index < -0.39 is 11.7 Å². The Kier molecular flexibility index (Phi) is 3.08. The van der Waals surface area contributed by atoms with Gasteiger partial charge in [0.15, 0.2) is 5.82 Å². The Balaban J connectivity index is 1.92. The van der Waals surface area contributed by atoms with Crippen LogP contribution in [0.3, 0.4) is 0 Å². The molecule has 1 aliphatic heterocycles. The fraction of sp³-hybridized carbons (Fsp3) is 0.333. The van der Waals surface area contributed by atoms with Crippen LogP contribution in [0.1, 0.15) is 47.4 Å². The van der Waals surface area contributed by atoms with Gasteiger partial charge in [0.05, 0.1) is 17.8 Å². The highest BCUT2D eigenvalue weighted by Gasteiger charge is 2.36. The molecular formula is C15H15N3O3. The zero-order chi connectivity index (χ0) is 15.1. The smallest absolute Gasteiger partial charge is 0.299 e. The second-order valence-electron chi connectivity index (χ2n) is 5.44. The minimum absolute atomic E-state index is 0.122. The number of rotatable bonds is 3. The normalized spacial score (nSPS) is 14.2. The van der Waals surface area contributed by atoms with Gasteiger partial charge in [0.2, 0.25) is 5.89 Å². The van der Waals surface area contributed by atoms with Gasteiger partial charge in [0.25, 0.3) is 11.7 Å². The van der Waals surface area contributed by atoms with Gasteiger partial charge in [-0.2, -0.15) is 4.98 Å². The van der Waals surface area contributed by atoms with Crippen molar-refractivity contribution in [3.05, 3.63) is 41.0 Å². The van der Waals surface area contributed by atoms with Crippen molar-refractivity contribution in [2.24, 2.45) is 0 Å². The number of carbonyl (C=O) groups is 2. The topological polar surface area (TPSA) is 76.3 Å². The van der Waals surface area contributed by atoms with E-state index >= 15 is 0 Å². The first-order valence-corrected chi connectivity index (χ1v) is 6.76. The molecule has 0 aliphatic carbocycles. The van der Waals surface area contributed by atoms with Gasteiger partial charge in [0, 0.05) is 5.92 Å². The van der Waals surface area contributed by atoms with Crippen LogP contribution in [0, 0.1) is 6.92 Å². The first kappa shape index (κ1) is 13.5. The van der Waals surface area contributed by atoms with E-state index in [-0.39, 0.29) is 12.5 Å². The molecule has 0 saturated carbocycles. The lowest BCUT2D eigenvalue weighted by atomic mass is 10.1. The molecule has 2 heterocycles. The first-order valence-electron chi connectivity index (χ1n) is 6.76. The molecule has 0 spiro atoms. The summed E-state index contributed by atoms with van der Waals surface area (Å²) in [7, 11) is 0. The molecule has 0 bridgehead atoms. The molecule has 2 aromatic rings. The third-order valence-corrected chi connectivity index (χ3v) is 3.40. The summed E-state index contributed by atoms with van der Waals surface area (Å²) in [5, 5.41) is 3.86. The number of carbonyl (C=O) groups excluding carboxylic acids is 2. The lowest BCUT2D eigenvalue weighted by Gasteiger charge is -2.13. The standard InChI is InChI=1S/C15H15N3O3/c1-8(2)14-16-12(17-21-14)7-18-11-5-4-9(3)6-10(11)13(19)15(18)20/h4-6,8H,7H2,1-3H3. The number of hydrogen-bond donors (Lipinski definition) is 0. The average Bonchev–Trinajstić information content (AvgIpc) is 2.99. The maximum Gasteiger partial charge on any atom is 0.299 e. The lowest BCUT2D eigenvalue weighted by Crippen LogP contribution is -2.29. The van der Waals surface area contributed by atoms with Crippen LogP contribution in [0.5, 0.6) is 0 Å². The van der Waals surface area contributed by atoms with Gasteiger partial charge in [-0.1, -0.05) is 30.6 Å². The van der Waals surface area contributed by atoms with Crippen molar-refractivity contribution in [1.29, 1.82) is 0 Å². The molecule has 108 valence electrons. The second kappa shape index (κ2) is 4.80. The van der Waals surface area contributed by atoms with Crippen molar-refractivity contribution in [1.82, 2.24) is 10.1 Å². The van der Waals surface area contributed by atoms with Gasteiger partial charge in [-0.15, -0.1) is 0 Å². The molecule has 1 aromatic carbocycles. The van der Waals surface area contributed by atoms with Crippen LogP contribution < -0.4 is 4.90 Å². The minimum atomic E-state index is -0.550. The van der Waals surface area contributed by atoms with E-state index in [9.17, 15) is 9.59 Å². The minimum Gasteiger partial charge on any atom is -0.339 e. The van der Waals surface area contributed by atoms with E-state index in [2.05, 4.69) is 10.1 Å². The number of amides is 1. The Labute approximate surface area is 121 Å². The molecule has 3 rings (SSSR count). The number of aryl methyl sites for hydroxylation is 1. The zero-order valence-corrected chi connectivity index (χ0v) is 12.1. The Bertz CT molecular complexity index is 734. The number of nitrogens with zero attached hydrogens (tertiary/aromatic N) is 3. The Hall–Kier alpha value is -2.50. The highest BCUT2D eigenvalue weighted by molar-refractivity contribution is 6.52. The third kappa shape index (κ3) is 2.22. The summed E-state index contributed by atoms with van der Waals surface area (Å²) in [6.45, 7) is 5.91. The number of hydrogen-bond acceptors (Lipinski definition) is 5. The Morgan fingerprint density at radius 1 is 1.29 bits per heavy atom. The summed E-state index contributed by atoms with van der Waals surface area (Å²) in [6, 6.07) is 5.37. The van der Waals surface area contributed by atoms with Crippen molar-refractivity contribution in [3.8, 4) is 0 Å². The van der Waals surface area contributed by atoms with Crippen molar-refractivity contribution < 1.29 is 14.1 Å². The number of Topliss-reactive ketones (excluding diaryl/α,β-unsaturated/α-hetero) is 1. The highest BCUT2D eigenvalue weighted by Crippen LogP contribution is 2.30. The van der Waals surface area contributed by atoms with Crippen molar-refractivity contribution >= 4 is 17.4 Å². The monoisotopic (exact) mass is 285 g/mol. The van der Waals surface area contributed by atoms with Crippen LogP contribution >= 0.6 is 0 Å². The molecule has 0 fully saturated rings. The quantitative estimate of drug-likeness (QED) is 0.808. The highest BCUT2D eigenvalue weighted by atomic mass is 16.5. The van der Waals surface area contributed by atoms with Gasteiger partial charge >= 0.3 is 0 Å². The third-order valence-electron chi connectivity index (χ3n) is 3.40. The van der Waals surface area contributed by atoms with Crippen LogP contribution in [0.4, 0.5) is 5.69 Å². The molecule has 1 aliphatic rings. The SMILES string of the molecule is Cc1ccc2c(c1)C(=O)C(=O)N2Cc1noc(C(C)C)n1. The predicted octanol–water partition coefficient (Wildman–Crippen LogP) is 2.23. The lowest BCUT2D eigenvalue weighted by molar-refractivity contribution is -0.114. The van der Waals surface area contributed by atoms with Crippen molar-refractivity contribution in [3.63, 3.8) is 0 Å². The number of fused-ring (bicyclic) bond motifs is 1. The molecular weight excluding hydrogens is 270 g/mol. The molecule has 21 heavy (non-hydrogen) atoms. The number of aromatic nitrogens is 2. The van der Waals surface area contributed by atoms with Crippen molar-refractivity contribution in [2.45, 2.75) is 33.2 Å². The van der Waals surface area contributed by atoms with Crippen LogP contribution in [0.25, 0.3) is 0 Å². The van der Waals surface area contributed by atoms with Crippen LogP contribution in [-0.2, 0) is 11.3 Å². The van der Waals surface area contributed by atoms with Gasteiger partial charge in [-0.25, -0.2) is 0 Å². The van der Waals surface area contributed by atoms with Crippen molar-refractivity contribution in [2.75, 3.05) is 4.90 Å². The second-order valence-corrected chi connectivity index (χ2v) is 5.44. The van der Waals surface area contributed by atoms with Crippen LogP contribution in [-0.4, -0.2) is 21.8 Å². The summed E-state index contributed by atoms with van der Waals surface area (Å²) in [5.74, 6) is 0.00486. The fourth-order valence-corrected chi connectivity index (χ4v) is 2.28. The van der Waals surface area contributed by atoms with Gasteiger partial charge < -0.3 is 4.52 Å². The Morgan fingerprint density at radius 3 is 2.71 bits per heavy atom. The number of ketones is 1. The molecule has 1 amide bonds. The average molecular weight is 285 g/mol. The summed E-state index contributed by atoms with van der Waals surface area (Å²) in [6.07, 6.45) is 0.